The first-order chi connectivity index (χ1) is 9.74. The number of nitrogens with zero attached hydrogens (tertiary/aromatic N) is 3. The van der Waals surface area contributed by atoms with Crippen molar-refractivity contribution in [1.82, 2.24) is 15.2 Å². The Morgan fingerprint density at radius 1 is 0.750 bits per heavy atom. The van der Waals surface area contributed by atoms with Crippen LogP contribution in [0.25, 0.3) is 22.5 Å². The summed E-state index contributed by atoms with van der Waals surface area (Å²) in [4.78, 5) is 4.28. The second-order valence-corrected chi connectivity index (χ2v) is 4.28. The van der Waals surface area contributed by atoms with Crippen molar-refractivity contribution in [3.63, 3.8) is 0 Å². The van der Waals surface area contributed by atoms with Gasteiger partial charge in [0.05, 0.1) is 0 Å². The zero-order valence-electron chi connectivity index (χ0n) is 10.6. The molecular weight excluding hydrogens is 252 g/mol. The van der Waals surface area contributed by atoms with Gasteiger partial charge >= 0.3 is 0 Å². The Hall–Kier alpha value is -2.95. The van der Waals surface area contributed by atoms with E-state index in [0.717, 1.165) is 11.1 Å². The van der Waals surface area contributed by atoms with E-state index < -0.39 is 0 Å². The van der Waals surface area contributed by atoms with Gasteiger partial charge in [-0.05, 0) is 24.3 Å². The molecule has 0 amide bonds. The van der Waals surface area contributed by atoms with Crippen LogP contribution in [0.4, 0.5) is 5.95 Å². The van der Waals surface area contributed by atoms with Gasteiger partial charge in [0.2, 0.25) is 5.95 Å². The smallest absolute Gasteiger partial charge is 0.240 e. The summed E-state index contributed by atoms with van der Waals surface area (Å²) in [5.41, 5.74) is 8.68. The van der Waals surface area contributed by atoms with Gasteiger partial charge in [0.25, 0.3) is 0 Å². The number of nitrogens with two attached hydrogens (primary N) is 1. The Balaban J connectivity index is 2.19. The van der Waals surface area contributed by atoms with Gasteiger partial charge < -0.3 is 10.8 Å². The minimum Gasteiger partial charge on any atom is -0.508 e. The summed E-state index contributed by atoms with van der Waals surface area (Å²) in [7, 11) is 0. The van der Waals surface area contributed by atoms with Crippen LogP contribution >= 0.6 is 0 Å². The average molecular weight is 264 g/mol. The van der Waals surface area contributed by atoms with Crippen LogP contribution in [-0.2, 0) is 0 Å². The zero-order valence-corrected chi connectivity index (χ0v) is 10.6. The first kappa shape index (κ1) is 12.1. The molecule has 0 atom stereocenters. The van der Waals surface area contributed by atoms with Crippen LogP contribution in [0.2, 0.25) is 0 Å². The third kappa shape index (κ3) is 2.29. The van der Waals surface area contributed by atoms with Crippen molar-refractivity contribution >= 4 is 5.95 Å². The topological polar surface area (TPSA) is 84.9 Å². The van der Waals surface area contributed by atoms with Gasteiger partial charge in [-0.15, -0.1) is 10.2 Å². The third-order valence-electron chi connectivity index (χ3n) is 2.89. The number of hydrogen-bond acceptors (Lipinski definition) is 5. The fraction of sp³-hybridized carbons (Fsp3) is 0. The van der Waals surface area contributed by atoms with E-state index >= 15 is 0 Å². The minimum atomic E-state index is 0.131. The van der Waals surface area contributed by atoms with Crippen LogP contribution in [0.5, 0.6) is 5.75 Å². The normalized spacial score (nSPS) is 10.4. The van der Waals surface area contributed by atoms with Crippen LogP contribution in [0.3, 0.4) is 0 Å². The second kappa shape index (κ2) is 4.97. The van der Waals surface area contributed by atoms with E-state index in [0.29, 0.717) is 11.4 Å². The molecule has 1 heterocycles. The Kier molecular flexibility index (Phi) is 3.01. The van der Waals surface area contributed by atoms with Crippen LogP contribution < -0.4 is 5.73 Å². The first-order valence-corrected chi connectivity index (χ1v) is 6.09. The minimum absolute atomic E-state index is 0.131. The van der Waals surface area contributed by atoms with Gasteiger partial charge in [0, 0.05) is 11.1 Å². The van der Waals surface area contributed by atoms with Crippen molar-refractivity contribution in [2.24, 2.45) is 0 Å². The Morgan fingerprint density at radius 3 is 2.10 bits per heavy atom. The van der Waals surface area contributed by atoms with Gasteiger partial charge in [-0.3, -0.25) is 0 Å². The van der Waals surface area contributed by atoms with E-state index in [1.807, 2.05) is 30.3 Å². The van der Waals surface area contributed by atoms with Gasteiger partial charge in [-0.1, -0.05) is 30.3 Å². The largest absolute Gasteiger partial charge is 0.508 e. The lowest BCUT2D eigenvalue weighted by atomic mass is 10.0. The standard InChI is InChI=1S/C15H12N4O/c16-15-17-13(10-4-2-1-3-5-10)14(18-19-15)11-6-8-12(20)9-7-11/h1-9,20H,(H2,16,17,19). The molecule has 3 N–H and O–H groups in total. The number of phenolic OH excluding ortho intramolecular Hbond substituents is 1. The molecule has 3 aromatic rings. The molecule has 0 unspecified atom stereocenters. The number of aromatic nitrogens is 3. The summed E-state index contributed by atoms with van der Waals surface area (Å²) in [5.74, 6) is 0.331. The molecule has 1 aromatic heterocycles. The summed E-state index contributed by atoms with van der Waals surface area (Å²) in [5, 5.41) is 17.3. The number of hydrogen-bond donors (Lipinski definition) is 2. The van der Waals surface area contributed by atoms with Gasteiger partial charge in [0.15, 0.2) is 0 Å². The molecule has 98 valence electrons. The number of rotatable bonds is 2. The predicted octanol–water partition coefficient (Wildman–Crippen LogP) is 2.49. The molecule has 0 saturated carbocycles. The highest BCUT2D eigenvalue weighted by Gasteiger charge is 2.12. The maximum absolute atomic E-state index is 9.36. The lowest BCUT2D eigenvalue weighted by Crippen LogP contribution is -2.02. The summed E-state index contributed by atoms with van der Waals surface area (Å²) >= 11 is 0. The fourth-order valence-electron chi connectivity index (χ4n) is 1.95. The highest BCUT2D eigenvalue weighted by atomic mass is 16.3. The quantitative estimate of drug-likeness (QED) is 0.742. The number of benzene rings is 2. The van der Waals surface area contributed by atoms with Crippen molar-refractivity contribution in [2.45, 2.75) is 0 Å². The highest BCUT2D eigenvalue weighted by molar-refractivity contribution is 5.78. The van der Waals surface area contributed by atoms with Gasteiger partial charge in [-0.25, -0.2) is 4.98 Å². The second-order valence-electron chi connectivity index (χ2n) is 4.28. The van der Waals surface area contributed by atoms with Crippen LogP contribution in [0.15, 0.2) is 54.6 Å². The SMILES string of the molecule is Nc1nnc(-c2ccc(O)cc2)c(-c2ccccc2)n1. The van der Waals surface area contributed by atoms with Gasteiger partial charge in [-0.2, -0.15) is 0 Å². The molecule has 2 aromatic carbocycles. The first-order valence-electron chi connectivity index (χ1n) is 6.09. The molecule has 0 radical (unpaired) electrons. The maximum Gasteiger partial charge on any atom is 0.240 e. The van der Waals surface area contributed by atoms with Crippen molar-refractivity contribution < 1.29 is 5.11 Å². The van der Waals surface area contributed by atoms with E-state index in [1.54, 1.807) is 24.3 Å². The van der Waals surface area contributed by atoms with E-state index in [9.17, 15) is 5.11 Å². The molecule has 0 bridgehead atoms. The van der Waals surface area contributed by atoms with Gasteiger partial charge in [0.1, 0.15) is 17.1 Å². The average Bonchev–Trinajstić information content (AvgIpc) is 2.49. The van der Waals surface area contributed by atoms with Crippen LogP contribution in [0, 0.1) is 0 Å². The third-order valence-corrected chi connectivity index (χ3v) is 2.89. The Labute approximate surface area is 115 Å². The van der Waals surface area contributed by atoms with Crippen molar-refractivity contribution in [3.8, 4) is 28.3 Å². The Morgan fingerprint density at radius 2 is 1.40 bits per heavy atom. The Bertz CT molecular complexity index is 727. The summed E-state index contributed by atoms with van der Waals surface area (Å²) < 4.78 is 0. The zero-order chi connectivity index (χ0) is 13.9. The number of anilines is 1. The molecule has 5 nitrogen and oxygen atoms in total. The van der Waals surface area contributed by atoms with Crippen molar-refractivity contribution in [2.75, 3.05) is 5.73 Å². The number of phenols is 1. The molecular formula is C15H12N4O. The molecule has 0 aliphatic rings. The van der Waals surface area contributed by atoms with Crippen molar-refractivity contribution in [1.29, 1.82) is 0 Å². The van der Waals surface area contributed by atoms with Crippen LogP contribution in [-0.4, -0.2) is 20.3 Å². The monoisotopic (exact) mass is 264 g/mol. The number of nitrogen functional groups attached to an aromatic ring is 1. The van der Waals surface area contributed by atoms with E-state index in [-0.39, 0.29) is 11.7 Å². The molecule has 0 aliphatic heterocycles. The molecule has 0 spiro atoms. The summed E-state index contributed by atoms with van der Waals surface area (Å²) in [6, 6.07) is 16.4. The highest BCUT2D eigenvalue weighted by Crippen LogP contribution is 2.29. The molecule has 0 aliphatic carbocycles. The maximum atomic E-state index is 9.36. The molecule has 3 rings (SSSR count). The molecule has 0 saturated heterocycles. The lowest BCUT2D eigenvalue weighted by Gasteiger charge is -2.08. The van der Waals surface area contributed by atoms with E-state index in [1.165, 1.54) is 0 Å². The molecule has 5 heteroatoms. The summed E-state index contributed by atoms with van der Waals surface area (Å²) in [6.07, 6.45) is 0. The lowest BCUT2D eigenvalue weighted by molar-refractivity contribution is 0.475. The fourth-order valence-corrected chi connectivity index (χ4v) is 1.95. The predicted molar refractivity (Wildman–Crippen MR) is 76.8 cm³/mol. The number of aromatic hydroxyl groups is 1. The molecule has 20 heavy (non-hydrogen) atoms. The van der Waals surface area contributed by atoms with E-state index in [4.69, 9.17) is 5.73 Å². The van der Waals surface area contributed by atoms with Crippen LogP contribution in [0.1, 0.15) is 0 Å². The van der Waals surface area contributed by atoms with E-state index in [2.05, 4.69) is 15.2 Å². The van der Waals surface area contributed by atoms with Crippen molar-refractivity contribution in [3.05, 3.63) is 54.6 Å². The molecule has 0 fully saturated rings. The summed E-state index contributed by atoms with van der Waals surface area (Å²) in [6.45, 7) is 0.